The lowest BCUT2D eigenvalue weighted by Gasteiger charge is -2.18. The van der Waals surface area contributed by atoms with Crippen molar-refractivity contribution < 1.29 is 0 Å². The molecule has 10 heavy (non-hydrogen) atoms. The van der Waals surface area contributed by atoms with Crippen LogP contribution in [0.25, 0.3) is 0 Å². The molecule has 1 unspecified atom stereocenters. The van der Waals surface area contributed by atoms with Gasteiger partial charge in [-0.1, -0.05) is 6.92 Å². The van der Waals surface area contributed by atoms with Crippen LogP contribution in [0.5, 0.6) is 0 Å². The molecule has 0 aliphatic carbocycles. The largest absolute Gasteiger partial charge is 0.369 e. The fraction of sp³-hybridized carbons (Fsp3) is 0.429. The molecule has 0 amide bonds. The zero-order valence-electron chi connectivity index (χ0n) is 5.89. The third-order valence-corrected chi connectivity index (χ3v) is 2.18. The van der Waals surface area contributed by atoms with E-state index in [9.17, 15) is 0 Å². The van der Waals surface area contributed by atoms with E-state index < -0.39 is 0 Å². The second-order valence-electron chi connectivity index (χ2n) is 2.21. The quantitative estimate of drug-likeness (QED) is 0.676. The van der Waals surface area contributed by atoms with Gasteiger partial charge in [0.05, 0.1) is 6.17 Å². The molecule has 1 atom stereocenters. The third-order valence-electron chi connectivity index (χ3n) is 1.43. The van der Waals surface area contributed by atoms with Crippen molar-refractivity contribution in [3.63, 3.8) is 0 Å². The van der Waals surface area contributed by atoms with Gasteiger partial charge in [0.15, 0.2) is 0 Å². The smallest absolute Gasteiger partial charge is 0.0936 e. The van der Waals surface area contributed by atoms with Gasteiger partial charge in [0.2, 0.25) is 0 Å². The van der Waals surface area contributed by atoms with E-state index in [1.54, 1.807) is 0 Å². The van der Waals surface area contributed by atoms with E-state index >= 15 is 0 Å². The van der Waals surface area contributed by atoms with E-state index in [4.69, 9.17) is 5.73 Å². The van der Waals surface area contributed by atoms with Gasteiger partial charge in [0, 0.05) is 10.2 Å². The fourth-order valence-electron chi connectivity index (χ4n) is 0.878. The predicted octanol–water partition coefficient (Wildman–Crippen LogP) is 1.45. The summed E-state index contributed by atoms with van der Waals surface area (Å²) < 4.78 is 1.11. The van der Waals surface area contributed by atoms with E-state index in [0.29, 0.717) is 0 Å². The number of allylic oxidation sites excluding steroid dienone is 3. The molecule has 1 aliphatic rings. The Morgan fingerprint density at radius 2 is 2.50 bits per heavy atom. The van der Waals surface area contributed by atoms with Crippen LogP contribution in [0.1, 0.15) is 13.3 Å². The number of hydrogen-bond acceptors (Lipinski definition) is 2. The van der Waals surface area contributed by atoms with Crippen molar-refractivity contribution in [1.29, 1.82) is 0 Å². The molecule has 0 saturated heterocycles. The maximum Gasteiger partial charge on any atom is 0.0936 e. The monoisotopic (exact) mass is 202 g/mol. The topological polar surface area (TPSA) is 38.0 Å². The Kier molecular flexibility index (Phi) is 2.51. The maximum atomic E-state index is 5.61. The summed E-state index contributed by atoms with van der Waals surface area (Å²) in [5.74, 6) is 0. The van der Waals surface area contributed by atoms with Crippen LogP contribution in [0.15, 0.2) is 22.3 Å². The molecule has 0 spiro atoms. The van der Waals surface area contributed by atoms with Crippen molar-refractivity contribution in [1.82, 2.24) is 5.32 Å². The number of nitrogens with one attached hydrogen (secondary N) is 1. The van der Waals surface area contributed by atoms with Gasteiger partial charge in [-0.2, -0.15) is 0 Å². The van der Waals surface area contributed by atoms with E-state index in [1.165, 1.54) is 5.70 Å². The zero-order valence-corrected chi connectivity index (χ0v) is 7.48. The summed E-state index contributed by atoms with van der Waals surface area (Å²) >= 11 is 3.42. The lowest BCUT2D eigenvalue weighted by Crippen LogP contribution is -2.36. The average molecular weight is 203 g/mol. The summed E-state index contributed by atoms with van der Waals surface area (Å²) in [6.45, 7) is 2.09. The van der Waals surface area contributed by atoms with Crippen LogP contribution >= 0.6 is 15.9 Å². The Morgan fingerprint density at radius 1 is 1.80 bits per heavy atom. The number of nitrogens with two attached hydrogens (primary N) is 1. The van der Waals surface area contributed by atoms with Crippen molar-refractivity contribution >= 4 is 15.9 Å². The van der Waals surface area contributed by atoms with Crippen molar-refractivity contribution in [2.75, 3.05) is 0 Å². The molecule has 0 aromatic rings. The van der Waals surface area contributed by atoms with E-state index in [2.05, 4.69) is 28.2 Å². The normalized spacial score (nSPS) is 24.9. The molecule has 1 aliphatic heterocycles. The van der Waals surface area contributed by atoms with Gasteiger partial charge in [-0.15, -0.1) is 0 Å². The molecule has 3 N–H and O–H groups in total. The minimum atomic E-state index is -0.0174. The summed E-state index contributed by atoms with van der Waals surface area (Å²) in [6.07, 6.45) is 4.87. The van der Waals surface area contributed by atoms with Gasteiger partial charge in [-0.25, -0.2) is 0 Å². The van der Waals surface area contributed by atoms with Gasteiger partial charge in [-0.3, -0.25) is 0 Å². The summed E-state index contributed by atoms with van der Waals surface area (Å²) in [4.78, 5) is 0. The van der Waals surface area contributed by atoms with Crippen LogP contribution in [0.4, 0.5) is 0 Å². The molecule has 0 aromatic carbocycles. The number of dihydropyridines is 1. The van der Waals surface area contributed by atoms with E-state index in [0.717, 1.165) is 10.9 Å². The van der Waals surface area contributed by atoms with Crippen LogP contribution in [-0.2, 0) is 0 Å². The van der Waals surface area contributed by atoms with Crippen molar-refractivity contribution in [3.8, 4) is 0 Å². The molecule has 0 saturated carbocycles. The molecule has 1 rings (SSSR count). The van der Waals surface area contributed by atoms with Crippen molar-refractivity contribution in [3.05, 3.63) is 22.3 Å². The van der Waals surface area contributed by atoms with Gasteiger partial charge < -0.3 is 11.1 Å². The Balaban J connectivity index is 2.74. The van der Waals surface area contributed by atoms with Crippen LogP contribution in [0.2, 0.25) is 0 Å². The van der Waals surface area contributed by atoms with E-state index in [-0.39, 0.29) is 6.17 Å². The number of halogens is 1. The molecule has 1 heterocycles. The Labute approximate surface area is 69.3 Å². The SMILES string of the molecule is CCC1=C(Br)C=CC(N)N1. The van der Waals surface area contributed by atoms with E-state index in [1.807, 2.05) is 12.2 Å². The lowest BCUT2D eigenvalue weighted by atomic mass is 10.2. The minimum Gasteiger partial charge on any atom is -0.369 e. The summed E-state index contributed by atoms with van der Waals surface area (Å²) in [6, 6.07) is 0. The molecule has 3 heteroatoms. The first-order valence-electron chi connectivity index (χ1n) is 3.33. The zero-order chi connectivity index (χ0) is 7.56. The first-order chi connectivity index (χ1) is 4.74. The first-order valence-corrected chi connectivity index (χ1v) is 4.12. The van der Waals surface area contributed by atoms with Crippen LogP contribution in [-0.4, -0.2) is 6.17 Å². The highest BCUT2D eigenvalue weighted by molar-refractivity contribution is 9.11. The summed E-state index contributed by atoms with van der Waals surface area (Å²) in [5, 5.41) is 3.14. The Morgan fingerprint density at radius 3 is 3.00 bits per heavy atom. The molecule has 0 fully saturated rings. The van der Waals surface area contributed by atoms with Crippen molar-refractivity contribution in [2.24, 2.45) is 5.73 Å². The molecule has 0 radical (unpaired) electrons. The van der Waals surface area contributed by atoms with Crippen LogP contribution < -0.4 is 11.1 Å². The lowest BCUT2D eigenvalue weighted by molar-refractivity contribution is 0.666. The molecular formula is C7H11BrN2. The molecular weight excluding hydrogens is 192 g/mol. The number of rotatable bonds is 1. The Bertz CT molecular complexity index is 184. The minimum absolute atomic E-state index is 0.0174. The molecule has 0 aromatic heterocycles. The van der Waals surface area contributed by atoms with Crippen LogP contribution in [0.3, 0.4) is 0 Å². The van der Waals surface area contributed by atoms with Gasteiger partial charge in [0.25, 0.3) is 0 Å². The highest BCUT2D eigenvalue weighted by Gasteiger charge is 2.07. The summed E-state index contributed by atoms with van der Waals surface area (Å²) in [5.41, 5.74) is 6.79. The predicted molar refractivity (Wildman–Crippen MR) is 46.5 cm³/mol. The molecule has 2 nitrogen and oxygen atoms in total. The summed E-state index contributed by atoms with van der Waals surface area (Å²) in [7, 11) is 0. The number of hydrogen-bond donors (Lipinski definition) is 2. The second-order valence-corrected chi connectivity index (χ2v) is 3.06. The fourth-order valence-corrected chi connectivity index (χ4v) is 1.43. The van der Waals surface area contributed by atoms with Crippen LogP contribution in [0, 0.1) is 0 Å². The molecule has 0 bridgehead atoms. The third kappa shape index (κ3) is 1.61. The van der Waals surface area contributed by atoms with Gasteiger partial charge in [-0.05, 0) is 34.5 Å². The second kappa shape index (κ2) is 3.21. The average Bonchev–Trinajstić information content (AvgIpc) is 1.94. The van der Waals surface area contributed by atoms with Gasteiger partial charge >= 0.3 is 0 Å². The highest BCUT2D eigenvalue weighted by atomic mass is 79.9. The standard InChI is InChI=1S/C7H11BrN2/c1-2-6-5(8)3-4-7(9)10-6/h3-4,7,10H,2,9H2,1H3. The Hall–Kier alpha value is -0.280. The first kappa shape index (κ1) is 7.82. The van der Waals surface area contributed by atoms with Crippen molar-refractivity contribution in [2.45, 2.75) is 19.5 Å². The highest BCUT2D eigenvalue weighted by Crippen LogP contribution is 2.17. The molecule has 56 valence electrons. The maximum absolute atomic E-state index is 5.61. The van der Waals surface area contributed by atoms with Gasteiger partial charge in [0.1, 0.15) is 0 Å².